The molecule has 4 aromatic rings. The highest BCUT2D eigenvalue weighted by atomic mass is 32.2. The molecule has 0 bridgehead atoms. The first-order chi connectivity index (χ1) is 17.2. The number of aryl methyl sites for hydroxylation is 1. The fourth-order valence-electron chi connectivity index (χ4n) is 5.41. The number of nitrogens with zero attached hydrogens (tertiary/aromatic N) is 5. The second kappa shape index (κ2) is 8.35. The minimum atomic E-state index is -3.85. The van der Waals surface area contributed by atoms with Crippen molar-refractivity contribution in [1.29, 1.82) is 0 Å². The van der Waals surface area contributed by atoms with Crippen LogP contribution >= 0.6 is 0 Å². The van der Waals surface area contributed by atoms with E-state index in [1.807, 2.05) is 11.3 Å². The van der Waals surface area contributed by atoms with E-state index in [2.05, 4.69) is 26.8 Å². The van der Waals surface area contributed by atoms with Crippen LogP contribution in [-0.4, -0.2) is 51.7 Å². The normalized spacial score (nSPS) is 23.1. The second-order valence-electron chi connectivity index (χ2n) is 9.95. The maximum Gasteiger partial charge on any atom is 0.269 e. The zero-order chi connectivity index (χ0) is 25.2. The van der Waals surface area contributed by atoms with Gasteiger partial charge in [-0.3, -0.25) is 4.40 Å². The number of aromatic nitrogens is 5. The average Bonchev–Trinajstić information content (AvgIpc) is 3.31. The van der Waals surface area contributed by atoms with E-state index >= 15 is 0 Å². The summed E-state index contributed by atoms with van der Waals surface area (Å²) < 4.78 is 57.8. The van der Waals surface area contributed by atoms with Gasteiger partial charge in [0.2, 0.25) is 10.0 Å². The number of benzene rings is 1. The molecule has 2 saturated carbocycles. The zero-order valence-corrected chi connectivity index (χ0v) is 21.7. The molecule has 0 aliphatic heterocycles. The number of sulfonamides is 1. The topological polar surface area (TPSA) is 128 Å². The SMILES string of the molecule is CC[C@@H]1C[C@H](NS(=O)(=O)C2CC2)C[C@@H]1c1nnc2cnc3c(ccn3S(=O)(=O)c3ccc(C)cc3)n12. The summed E-state index contributed by atoms with van der Waals surface area (Å²) in [5.41, 5.74) is 2.39. The summed E-state index contributed by atoms with van der Waals surface area (Å²) in [7, 11) is -7.13. The Balaban J connectivity index is 1.40. The minimum Gasteiger partial charge on any atom is -0.274 e. The Morgan fingerprint density at radius 1 is 1.03 bits per heavy atom. The van der Waals surface area contributed by atoms with Crippen molar-refractivity contribution in [3.05, 3.63) is 54.1 Å². The smallest absolute Gasteiger partial charge is 0.269 e. The third-order valence-corrected chi connectivity index (χ3v) is 11.2. The van der Waals surface area contributed by atoms with E-state index in [0.717, 1.165) is 31.2 Å². The van der Waals surface area contributed by atoms with Gasteiger partial charge in [0, 0.05) is 18.2 Å². The summed E-state index contributed by atoms with van der Waals surface area (Å²) in [5, 5.41) is 8.53. The quantitative estimate of drug-likeness (QED) is 0.390. The standard InChI is InChI=1S/C24H28N6O4S2/c1-3-16-12-17(28-35(31,32)18-8-9-18)13-20(16)23-27-26-22-14-25-24-21(30(22)23)10-11-29(24)36(33,34)19-6-4-15(2)5-7-19/h4-7,10-11,14,16-18,20,28H,3,8-9,12-13H2,1-2H3/t16-,17+,20+/m1/s1. The lowest BCUT2D eigenvalue weighted by molar-refractivity contribution is 0.449. The van der Waals surface area contributed by atoms with Crippen molar-refractivity contribution in [3.63, 3.8) is 0 Å². The first kappa shape index (κ1) is 23.6. The van der Waals surface area contributed by atoms with E-state index in [1.165, 1.54) is 16.4 Å². The van der Waals surface area contributed by atoms with Gasteiger partial charge in [0.05, 0.1) is 21.9 Å². The third-order valence-electron chi connectivity index (χ3n) is 7.48. The Hall–Kier alpha value is -2.83. The number of hydrogen-bond acceptors (Lipinski definition) is 7. The van der Waals surface area contributed by atoms with Gasteiger partial charge in [0.25, 0.3) is 10.0 Å². The molecule has 1 aromatic carbocycles. The van der Waals surface area contributed by atoms with Crippen LogP contribution in [0.4, 0.5) is 0 Å². The van der Waals surface area contributed by atoms with Crippen molar-refractivity contribution < 1.29 is 16.8 Å². The van der Waals surface area contributed by atoms with Gasteiger partial charge in [-0.1, -0.05) is 31.0 Å². The molecule has 0 spiro atoms. The molecule has 3 atom stereocenters. The lowest BCUT2D eigenvalue weighted by Gasteiger charge is -2.16. The van der Waals surface area contributed by atoms with Crippen LogP contribution in [0, 0.1) is 12.8 Å². The van der Waals surface area contributed by atoms with Crippen LogP contribution < -0.4 is 4.72 Å². The van der Waals surface area contributed by atoms with Crippen LogP contribution in [0.5, 0.6) is 0 Å². The van der Waals surface area contributed by atoms with E-state index in [0.29, 0.717) is 29.1 Å². The molecule has 0 unspecified atom stereocenters. The molecule has 0 saturated heterocycles. The van der Waals surface area contributed by atoms with Crippen molar-refractivity contribution in [2.75, 3.05) is 0 Å². The van der Waals surface area contributed by atoms with E-state index < -0.39 is 20.0 Å². The maximum atomic E-state index is 13.4. The lowest BCUT2D eigenvalue weighted by atomic mass is 9.93. The van der Waals surface area contributed by atoms with Crippen LogP contribution in [0.1, 0.15) is 56.3 Å². The van der Waals surface area contributed by atoms with Gasteiger partial charge in [0.15, 0.2) is 11.3 Å². The first-order valence-corrected chi connectivity index (χ1v) is 15.2. The Bertz CT molecular complexity index is 1670. The van der Waals surface area contributed by atoms with E-state index in [9.17, 15) is 16.8 Å². The van der Waals surface area contributed by atoms with Crippen LogP contribution in [0.15, 0.2) is 47.6 Å². The molecule has 36 heavy (non-hydrogen) atoms. The monoisotopic (exact) mass is 528 g/mol. The van der Waals surface area contributed by atoms with Gasteiger partial charge < -0.3 is 0 Å². The van der Waals surface area contributed by atoms with E-state index in [-0.39, 0.29) is 28.0 Å². The lowest BCUT2D eigenvalue weighted by Crippen LogP contribution is -2.35. The van der Waals surface area contributed by atoms with Crippen molar-refractivity contribution in [2.45, 2.75) is 68.1 Å². The molecule has 0 amide bonds. The molecule has 3 heterocycles. The molecule has 2 aliphatic carbocycles. The largest absolute Gasteiger partial charge is 0.274 e. The fraction of sp³-hybridized carbons (Fsp3) is 0.458. The maximum absolute atomic E-state index is 13.4. The number of rotatable bonds is 7. The molecule has 6 rings (SSSR count). The van der Waals surface area contributed by atoms with E-state index in [4.69, 9.17) is 0 Å². The van der Waals surface area contributed by atoms with Gasteiger partial charge in [-0.25, -0.2) is 30.5 Å². The molecule has 2 fully saturated rings. The summed E-state index contributed by atoms with van der Waals surface area (Å²) in [4.78, 5) is 4.60. The molecule has 2 aliphatic rings. The van der Waals surface area contributed by atoms with Crippen molar-refractivity contribution in [1.82, 2.24) is 28.3 Å². The molecule has 3 aromatic heterocycles. The Morgan fingerprint density at radius 2 is 1.78 bits per heavy atom. The molecule has 12 heteroatoms. The molecule has 0 radical (unpaired) electrons. The highest BCUT2D eigenvalue weighted by Crippen LogP contribution is 2.42. The predicted octanol–water partition coefficient (Wildman–Crippen LogP) is 2.98. The van der Waals surface area contributed by atoms with E-state index in [1.54, 1.807) is 30.3 Å². The first-order valence-electron chi connectivity index (χ1n) is 12.2. The predicted molar refractivity (Wildman–Crippen MR) is 135 cm³/mol. The van der Waals surface area contributed by atoms with Gasteiger partial charge in [-0.2, -0.15) is 0 Å². The summed E-state index contributed by atoms with van der Waals surface area (Å²) in [6.45, 7) is 4.00. The average molecular weight is 529 g/mol. The second-order valence-corrected chi connectivity index (χ2v) is 13.8. The number of fused-ring (bicyclic) bond motifs is 3. The van der Waals surface area contributed by atoms with Gasteiger partial charge >= 0.3 is 0 Å². The number of hydrogen-bond donors (Lipinski definition) is 1. The molecular weight excluding hydrogens is 500 g/mol. The van der Waals surface area contributed by atoms with Crippen LogP contribution in [0.2, 0.25) is 0 Å². The van der Waals surface area contributed by atoms with Gasteiger partial charge in [0.1, 0.15) is 5.82 Å². The van der Waals surface area contributed by atoms with Crippen LogP contribution in [-0.2, 0) is 20.0 Å². The Labute approximate surface area is 209 Å². The summed E-state index contributed by atoms with van der Waals surface area (Å²) in [6.07, 6.45) is 6.72. The highest BCUT2D eigenvalue weighted by Gasteiger charge is 2.42. The van der Waals surface area contributed by atoms with Crippen LogP contribution in [0.3, 0.4) is 0 Å². The highest BCUT2D eigenvalue weighted by molar-refractivity contribution is 7.90. The van der Waals surface area contributed by atoms with Gasteiger partial charge in [-0.05, 0) is 56.7 Å². The molecule has 190 valence electrons. The van der Waals surface area contributed by atoms with Crippen molar-refractivity contribution in [2.24, 2.45) is 5.92 Å². The summed E-state index contributed by atoms with van der Waals surface area (Å²) in [6, 6.07) is 8.28. The summed E-state index contributed by atoms with van der Waals surface area (Å²) >= 11 is 0. The molecular formula is C24H28N6O4S2. The number of nitrogens with one attached hydrogen (secondary N) is 1. The zero-order valence-electron chi connectivity index (χ0n) is 20.1. The Kier molecular flexibility index (Phi) is 5.47. The minimum absolute atomic E-state index is 0.0143. The third kappa shape index (κ3) is 3.82. The fourth-order valence-corrected chi connectivity index (χ4v) is 8.31. The molecule has 1 N–H and O–H groups in total. The van der Waals surface area contributed by atoms with Crippen molar-refractivity contribution in [3.8, 4) is 0 Å². The van der Waals surface area contributed by atoms with Crippen molar-refractivity contribution >= 4 is 36.9 Å². The molecule has 10 nitrogen and oxygen atoms in total. The Morgan fingerprint density at radius 3 is 2.47 bits per heavy atom. The van der Waals surface area contributed by atoms with Gasteiger partial charge in [-0.15, -0.1) is 10.2 Å². The van der Waals surface area contributed by atoms with Crippen LogP contribution in [0.25, 0.3) is 16.8 Å². The summed E-state index contributed by atoms with van der Waals surface area (Å²) in [5.74, 6) is 0.924.